The van der Waals surface area contributed by atoms with Crippen LogP contribution in [-0.4, -0.2) is 25.5 Å². The van der Waals surface area contributed by atoms with Gasteiger partial charge in [-0.25, -0.2) is 5.84 Å². The molecular weight excluding hydrogens is 416 g/mol. The fourth-order valence-electron chi connectivity index (χ4n) is 3.11. The van der Waals surface area contributed by atoms with Crippen LogP contribution in [0.25, 0.3) is 0 Å². The smallest absolute Gasteiger partial charge is 0.255 e. The van der Waals surface area contributed by atoms with Gasteiger partial charge in [0.25, 0.3) is 5.91 Å². The third-order valence-corrected chi connectivity index (χ3v) is 4.96. The molecule has 5 N–H and O–H groups in total. The van der Waals surface area contributed by atoms with E-state index in [1.807, 2.05) is 36.4 Å². The monoisotopic (exact) mass is 438 g/mol. The molecule has 160 valence electrons. The summed E-state index contributed by atoms with van der Waals surface area (Å²) in [5, 5.41) is 6.74. The maximum Gasteiger partial charge on any atom is 0.255 e. The Balaban J connectivity index is 1.91. The van der Waals surface area contributed by atoms with Crippen molar-refractivity contribution in [1.29, 1.82) is 0 Å². The molecule has 0 unspecified atom stereocenters. The summed E-state index contributed by atoms with van der Waals surface area (Å²) in [6.45, 7) is -0.00937. The van der Waals surface area contributed by atoms with Crippen molar-refractivity contribution in [3.05, 3.63) is 94.5 Å². The first kappa shape index (κ1) is 22.3. The van der Waals surface area contributed by atoms with Crippen molar-refractivity contribution in [2.45, 2.75) is 6.04 Å². The number of hydrogen-bond donors (Lipinski definition) is 4. The van der Waals surface area contributed by atoms with Gasteiger partial charge in [0.2, 0.25) is 5.91 Å². The van der Waals surface area contributed by atoms with Crippen molar-refractivity contribution >= 4 is 29.1 Å². The van der Waals surface area contributed by atoms with Gasteiger partial charge in [-0.15, -0.1) is 0 Å². The minimum Gasteiger partial charge on any atom is -0.497 e. The second kappa shape index (κ2) is 10.6. The molecule has 3 aromatic carbocycles. The Morgan fingerprint density at radius 1 is 1.00 bits per heavy atom. The van der Waals surface area contributed by atoms with Gasteiger partial charge in [0.15, 0.2) is 0 Å². The van der Waals surface area contributed by atoms with Gasteiger partial charge in [-0.1, -0.05) is 41.9 Å². The van der Waals surface area contributed by atoms with E-state index >= 15 is 0 Å². The van der Waals surface area contributed by atoms with Crippen LogP contribution < -0.4 is 26.6 Å². The molecule has 31 heavy (non-hydrogen) atoms. The molecule has 2 amide bonds. The molecule has 3 aromatic rings. The van der Waals surface area contributed by atoms with E-state index in [2.05, 4.69) is 16.1 Å². The summed E-state index contributed by atoms with van der Waals surface area (Å²) < 4.78 is 5.14. The summed E-state index contributed by atoms with van der Waals surface area (Å²) in [4.78, 5) is 24.5. The van der Waals surface area contributed by atoms with Crippen LogP contribution in [0.15, 0.2) is 72.8 Å². The summed E-state index contributed by atoms with van der Waals surface area (Å²) in [5.41, 5.74) is 4.88. The van der Waals surface area contributed by atoms with Gasteiger partial charge < -0.3 is 10.1 Å². The number of rotatable bonds is 8. The molecule has 7 nitrogen and oxygen atoms in total. The van der Waals surface area contributed by atoms with Crippen LogP contribution in [-0.2, 0) is 4.79 Å². The molecule has 0 fully saturated rings. The van der Waals surface area contributed by atoms with Crippen LogP contribution in [0.4, 0.5) is 5.69 Å². The second-order valence-electron chi connectivity index (χ2n) is 6.70. The van der Waals surface area contributed by atoms with Gasteiger partial charge in [0.05, 0.1) is 19.7 Å². The molecular formula is C23H23ClN4O3. The number of ether oxygens (including phenoxy) is 1. The van der Waals surface area contributed by atoms with Gasteiger partial charge in [-0.05, 0) is 53.6 Å². The molecule has 8 heteroatoms. The lowest BCUT2D eigenvalue weighted by Crippen LogP contribution is -2.39. The van der Waals surface area contributed by atoms with Crippen molar-refractivity contribution in [2.75, 3.05) is 19.0 Å². The fraction of sp³-hybridized carbons (Fsp3) is 0.130. The highest BCUT2D eigenvalue weighted by Crippen LogP contribution is 2.29. The van der Waals surface area contributed by atoms with Crippen molar-refractivity contribution < 1.29 is 14.3 Å². The van der Waals surface area contributed by atoms with E-state index in [-0.39, 0.29) is 24.4 Å². The number of hydrogen-bond acceptors (Lipinski definition) is 5. The number of benzene rings is 3. The molecule has 0 saturated carbocycles. The number of carbonyl (C=O) groups excluding carboxylic acids is 2. The minimum absolute atomic E-state index is 0.00937. The molecule has 3 rings (SSSR count). The van der Waals surface area contributed by atoms with Crippen LogP contribution in [0, 0.1) is 0 Å². The quantitative estimate of drug-likeness (QED) is 0.245. The minimum atomic E-state index is -0.387. The number of nitrogens with one attached hydrogen (secondary N) is 3. The van der Waals surface area contributed by atoms with Crippen molar-refractivity contribution in [2.24, 2.45) is 5.84 Å². The number of hydrazine groups is 1. The van der Waals surface area contributed by atoms with Gasteiger partial charge in [-0.3, -0.25) is 20.3 Å². The van der Waals surface area contributed by atoms with Crippen molar-refractivity contribution in [3.63, 3.8) is 0 Å². The average molecular weight is 439 g/mol. The van der Waals surface area contributed by atoms with Crippen LogP contribution >= 0.6 is 11.6 Å². The zero-order valence-corrected chi connectivity index (χ0v) is 17.6. The van der Waals surface area contributed by atoms with E-state index in [1.54, 1.807) is 43.5 Å². The van der Waals surface area contributed by atoms with Crippen molar-refractivity contribution in [3.8, 4) is 5.75 Å². The predicted molar refractivity (Wildman–Crippen MR) is 121 cm³/mol. The summed E-state index contributed by atoms with van der Waals surface area (Å²) in [5.74, 6) is 5.26. The highest BCUT2D eigenvalue weighted by Gasteiger charge is 2.19. The number of halogens is 1. The first-order chi connectivity index (χ1) is 15.0. The molecule has 0 aliphatic heterocycles. The van der Waals surface area contributed by atoms with Crippen molar-refractivity contribution in [1.82, 2.24) is 10.7 Å². The number of carbonyl (C=O) groups is 2. The number of anilines is 1. The van der Waals surface area contributed by atoms with Crippen LogP contribution in [0.1, 0.15) is 27.5 Å². The Bertz CT molecular complexity index is 1040. The Labute approximate surface area is 185 Å². The van der Waals surface area contributed by atoms with Crippen LogP contribution in [0.2, 0.25) is 5.02 Å². The van der Waals surface area contributed by atoms with Crippen LogP contribution in [0.5, 0.6) is 5.75 Å². The zero-order valence-electron chi connectivity index (χ0n) is 16.9. The van der Waals surface area contributed by atoms with Gasteiger partial charge in [0.1, 0.15) is 5.75 Å². The normalized spacial score (nSPS) is 11.5. The van der Waals surface area contributed by atoms with Gasteiger partial charge in [-0.2, -0.15) is 0 Å². The highest BCUT2D eigenvalue weighted by atomic mass is 35.5. The summed E-state index contributed by atoms with van der Waals surface area (Å²) in [6, 6.07) is 21.1. The molecule has 0 aliphatic rings. The number of nitrogens with two attached hydrogens (primary N) is 1. The van der Waals surface area contributed by atoms with E-state index < -0.39 is 0 Å². The summed E-state index contributed by atoms with van der Waals surface area (Å²) in [6.07, 6.45) is 0. The lowest BCUT2D eigenvalue weighted by Gasteiger charge is -2.22. The molecule has 0 aliphatic carbocycles. The topological polar surface area (TPSA) is 105 Å². The largest absolute Gasteiger partial charge is 0.497 e. The Kier molecular flexibility index (Phi) is 7.61. The summed E-state index contributed by atoms with van der Waals surface area (Å²) in [7, 11) is 1.57. The number of methoxy groups -OCH3 is 1. The maximum atomic E-state index is 12.8. The predicted octanol–water partition coefficient (Wildman–Crippen LogP) is 3.27. The lowest BCUT2D eigenvalue weighted by atomic mass is 9.96. The molecule has 0 radical (unpaired) electrons. The average Bonchev–Trinajstić information content (AvgIpc) is 2.81. The van der Waals surface area contributed by atoms with Gasteiger partial charge >= 0.3 is 0 Å². The second-order valence-corrected chi connectivity index (χ2v) is 7.14. The Hall–Kier alpha value is -3.39. The van der Waals surface area contributed by atoms with E-state index in [9.17, 15) is 9.59 Å². The molecule has 0 saturated heterocycles. The Morgan fingerprint density at radius 2 is 1.68 bits per heavy atom. The van der Waals surface area contributed by atoms with E-state index in [1.165, 1.54) is 0 Å². The lowest BCUT2D eigenvalue weighted by molar-refractivity contribution is -0.120. The van der Waals surface area contributed by atoms with E-state index in [0.717, 1.165) is 11.1 Å². The SMILES string of the molecule is COc1ccc(C(=O)Nc2ccccc2[C@H](NCC(=O)NN)c2ccc(Cl)cc2)cc1. The summed E-state index contributed by atoms with van der Waals surface area (Å²) >= 11 is 6.03. The first-order valence-corrected chi connectivity index (χ1v) is 9.92. The molecule has 1 atom stereocenters. The Morgan fingerprint density at radius 3 is 2.32 bits per heavy atom. The van der Waals surface area contributed by atoms with Crippen LogP contribution in [0.3, 0.4) is 0 Å². The molecule has 0 bridgehead atoms. The zero-order chi connectivity index (χ0) is 22.2. The molecule has 0 heterocycles. The molecule has 0 spiro atoms. The molecule has 0 aromatic heterocycles. The third kappa shape index (κ3) is 5.82. The van der Waals surface area contributed by atoms with Gasteiger partial charge in [0, 0.05) is 16.3 Å². The number of amides is 2. The van der Waals surface area contributed by atoms with E-state index in [4.69, 9.17) is 22.2 Å². The van der Waals surface area contributed by atoms with E-state index in [0.29, 0.717) is 22.0 Å². The number of para-hydroxylation sites is 1. The fourth-order valence-corrected chi connectivity index (χ4v) is 3.23. The maximum absolute atomic E-state index is 12.8. The highest BCUT2D eigenvalue weighted by molar-refractivity contribution is 6.30. The standard InChI is InChI=1S/C23H23ClN4O3/c1-31-18-12-8-16(9-13-18)23(30)27-20-5-3-2-4-19(20)22(26-14-21(29)28-25)15-6-10-17(24)11-7-15/h2-13,22,26H,14,25H2,1H3,(H,27,30)(H,28,29)/t22-/m1/s1. The first-order valence-electron chi connectivity index (χ1n) is 9.54. The third-order valence-electron chi connectivity index (χ3n) is 4.70.